The molecule has 2 heterocycles. The van der Waals surface area contributed by atoms with Crippen molar-refractivity contribution in [3.8, 4) is 0 Å². The van der Waals surface area contributed by atoms with E-state index in [9.17, 15) is 14.0 Å². The predicted octanol–water partition coefficient (Wildman–Crippen LogP) is 3.45. The molecule has 2 saturated heterocycles. The van der Waals surface area contributed by atoms with Crippen molar-refractivity contribution >= 4 is 12.0 Å². The lowest BCUT2D eigenvalue weighted by atomic mass is 9.86. The van der Waals surface area contributed by atoms with Gasteiger partial charge in [0.1, 0.15) is 11.4 Å². The van der Waals surface area contributed by atoms with Crippen LogP contribution >= 0.6 is 0 Å². The standard InChI is InChI=1S/C22H23FN2O3/c23-19-9-5-4-8-17(19)18(16-6-2-1-3-7-16)14-20(26)25-12-10-22(11-13-25)15-24-21(27)28-22/h1-9,18H,10-15H2,(H,24,27)/t18-/m1/s1. The molecule has 0 bridgehead atoms. The Morgan fingerprint density at radius 1 is 1.11 bits per heavy atom. The van der Waals surface area contributed by atoms with Crippen molar-refractivity contribution in [1.29, 1.82) is 0 Å². The number of nitrogens with zero attached hydrogens (tertiary/aromatic N) is 1. The van der Waals surface area contributed by atoms with Crippen LogP contribution in [0.2, 0.25) is 0 Å². The SMILES string of the molecule is O=C1NCC2(CCN(C(=O)C[C@H](c3ccccc3)c3ccccc3F)CC2)O1. The first-order valence-electron chi connectivity index (χ1n) is 9.60. The number of piperidine rings is 1. The molecule has 2 amide bonds. The molecule has 2 aliphatic heterocycles. The van der Waals surface area contributed by atoms with Gasteiger partial charge in [0.25, 0.3) is 0 Å². The Hall–Kier alpha value is -2.89. The van der Waals surface area contributed by atoms with Crippen molar-refractivity contribution in [2.75, 3.05) is 19.6 Å². The lowest BCUT2D eigenvalue weighted by Crippen LogP contribution is -2.48. The van der Waals surface area contributed by atoms with Crippen LogP contribution in [0.1, 0.15) is 36.3 Å². The van der Waals surface area contributed by atoms with Crippen LogP contribution in [0.5, 0.6) is 0 Å². The fourth-order valence-electron chi connectivity index (χ4n) is 4.10. The lowest BCUT2D eigenvalue weighted by Gasteiger charge is -2.37. The van der Waals surface area contributed by atoms with Gasteiger partial charge in [-0.05, 0) is 17.2 Å². The molecule has 4 rings (SSSR count). The molecule has 0 saturated carbocycles. The minimum atomic E-state index is -0.488. The van der Waals surface area contributed by atoms with E-state index in [0.717, 1.165) is 5.56 Å². The molecule has 6 heteroatoms. The van der Waals surface area contributed by atoms with Crippen LogP contribution in [0, 0.1) is 5.82 Å². The van der Waals surface area contributed by atoms with Crippen LogP contribution in [0.3, 0.4) is 0 Å². The first-order chi connectivity index (χ1) is 13.6. The van der Waals surface area contributed by atoms with E-state index < -0.39 is 5.60 Å². The molecule has 0 radical (unpaired) electrons. The molecule has 1 atom stereocenters. The van der Waals surface area contributed by atoms with Crippen molar-refractivity contribution < 1.29 is 18.7 Å². The maximum absolute atomic E-state index is 14.5. The van der Waals surface area contributed by atoms with Gasteiger partial charge in [-0.15, -0.1) is 0 Å². The van der Waals surface area contributed by atoms with Gasteiger partial charge in [0.2, 0.25) is 5.91 Å². The second-order valence-corrected chi connectivity index (χ2v) is 7.50. The summed E-state index contributed by atoms with van der Waals surface area (Å²) in [5.74, 6) is -0.647. The first kappa shape index (κ1) is 18.5. The van der Waals surface area contributed by atoms with Gasteiger partial charge in [-0.3, -0.25) is 4.79 Å². The fourth-order valence-corrected chi connectivity index (χ4v) is 4.10. The van der Waals surface area contributed by atoms with Crippen LogP contribution in [-0.2, 0) is 9.53 Å². The highest BCUT2D eigenvalue weighted by Crippen LogP contribution is 2.33. The third-order valence-corrected chi connectivity index (χ3v) is 5.75. The van der Waals surface area contributed by atoms with Crippen LogP contribution < -0.4 is 5.32 Å². The normalized spacial score (nSPS) is 19.2. The van der Waals surface area contributed by atoms with Crippen molar-refractivity contribution in [3.05, 3.63) is 71.5 Å². The van der Waals surface area contributed by atoms with Gasteiger partial charge in [-0.25, -0.2) is 9.18 Å². The van der Waals surface area contributed by atoms with Crippen molar-refractivity contribution in [3.63, 3.8) is 0 Å². The van der Waals surface area contributed by atoms with Crippen LogP contribution in [0.4, 0.5) is 9.18 Å². The zero-order valence-electron chi connectivity index (χ0n) is 15.6. The average Bonchev–Trinajstić information content (AvgIpc) is 3.08. The van der Waals surface area contributed by atoms with Gasteiger partial charge in [-0.2, -0.15) is 0 Å². The summed E-state index contributed by atoms with van der Waals surface area (Å²) in [7, 11) is 0. The molecule has 146 valence electrons. The highest BCUT2D eigenvalue weighted by molar-refractivity contribution is 5.78. The number of nitrogens with one attached hydrogen (secondary N) is 1. The summed E-state index contributed by atoms with van der Waals surface area (Å²) >= 11 is 0. The Bertz CT molecular complexity index is 863. The van der Waals surface area contributed by atoms with Gasteiger partial charge in [0.15, 0.2) is 0 Å². The highest BCUT2D eigenvalue weighted by Gasteiger charge is 2.43. The lowest BCUT2D eigenvalue weighted by molar-refractivity contribution is -0.134. The van der Waals surface area contributed by atoms with Gasteiger partial charge in [-0.1, -0.05) is 48.5 Å². The topological polar surface area (TPSA) is 58.6 Å². The molecule has 2 aliphatic rings. The van der Waals surface area contributed by atoms with E-state index in [1.165, 1.54) is 6.07 Å². The smallest absolute Gasteiger partial charge is 0.407 e. The number of hydrogen-bond acceptors (Lipinski definition) is 3. The molecular formula is C22H23FN2O3. The number of rotatable bonds is 4. The molecule has 2 aromatic rings. The summed E-state index contributed by atoms with van der Waals surface area (Å²) in [6.07, 6.45) is 1.06. The van der Waals surface area contributed by atoms with Crippen LogP contribution in [0.25, 0.3) is 0 Å². The Balaban J connectivity index is 1.49. The highest BCUT2D eigenvalue weighted by atomic mass is 19.1. The molecular weight excluding hydrogens is 359 g/mol. The van der Waals surface area contributed by atoms with Crippen molar-refractivity contribution in [2.45, 2.75) is 30.8 Å². The number of amides is 2. The van der Waals surface area contributed by atoms with E-state index in [1.54, 1.807) is 23.1 Å². The number of likely N-dealkylation sites (tertiary alicyclic amines) is 1. The van der Waals surface area contributed by atoms with E-state index in [0.29, 0.717) is 38.0 Å². The largest absolute Gasteiger partial charge is 0.441 e. The zero-order chi connectivity index (χ0) is 19.6. The Kier molecular flexibility index (Phi) is 5.03. The minimum Gasteiger partial charge on any atom is -0.441 e. The molecule has 28 heavy (non-hydrogen) atoms. The molecule has 2 fully saturated rings. The summed E-state index contributed by atoms with van der Waals surface area (Å²) in [4.78, 5) is 26.2. The van der Waals surface area contributed by atoms with Gasteiger partial charge in [0, 0.05) is 38.3 Å². The molecule has 5 nitrogen and oxygen atoms in total. The van der Waals surface area contributed by atoms with Crippen molar-refractivity contribution in [2.24, 2.45) is 0 Å². The number of benzene rings is 2. The third-order valence-electron chi connectivity index (χ3n) is 5.75. The number of carbonyl (C=O) groups excluding carboxylic acids is 2. The van der Waals surface area contributed by atoms with E-state index in [-0.39, 0.29) is 30.2 Å². The quantitative estimate of drug-likeness (QED) is 0.881. The number of ether oxygens (including phenoxy) is 1. The summed E-state index contributed by atoms with van der Waals surface area (Å²) in [6.45, 7) is 1.56. The second kappa shape index (κ2) is 7.62. The van der Waals surface area contributed by atoms with Gasteiger partial charge < -0.3 is 15.0 Å². The maximum Gasteiger partial charge on any atom is 0.407 e. The Morgan fingerprint density at radius 3 is 2.43 bits per heavy atom. The summed E-state index contributed by atoms with van der Waals surface area (Å²) in [6, 6.07) is 16.2. The predicted molar refractivity (Wildman–Crippen MR) is 102 cm³/mol. The van der Waals surface area contributed by atoms with Crippen LogP contribution in [0.15, 0.2) is 54.6 Å². The monoisotopic (exact) mass is 382 g/mol. The number of hydrogen-bond donors (Lipinski definition) is 1. The summed E-state index contributed by atoms with van der Waals surface area (Å²) in [5, 5.41) is 2.70. The number of carbonyl (C=O) groups is 2. The van der Waals surface area contributed by atoms with E-state index in [2.05, 4.69) is 5.32 Å². The van der Waals surface area contributed by atoms with Crippen LogP contribution in [-0.4, -0.2) is 42.1 Å². The van der Waals surface area contributed by atoms with Gasteiger partial charge >= 0.3 is 6.09 Å². The first-order valence-corrected chi connectivity index (χ1v) is 9.60. The van der Waals surface area contributed by atoms with E-state index in [4.69, 9.17) is 4.74 Å². The molecule has 0 aromatic heterocycles. The number of alkyl carbamates (subject to hydrolysis) is 1. The third kappa shape index (κ3) is 3.72. The van der Waals surface area contributed by atoms with E-state index in [1.807, 2.05) is 30.3 Å². The Morgan fingerprint density at radius 2 is 1.79 bits per heavy atom. The summed E-state index contributed by atoms with van der Waals surface area (Å²) in [5.41, 5.74) is 0.964. The molecule has 0 unspecified atom stereocenters. The zero-order valence-corrected chi connectivity index (χ0v) is 15.6. The van der Waals surface area contributed by atoms with Crippen molar-refractivity contribution in [1.82, 2.24) is 10.2 Å². The molecule has 1 N–H and O–H groups in total. The molecule has 1 spiro atoms. The average molecular weight is 382 g/mol. The summed E-state index contributed by atoms with van der Waals surface area (Å²) < 4.78 is 19.9. The maximum atomic E-state index is 14.5. The second-order valence-electron chi connectivity index (χ2n) is 7.50. The number of halogens is 1. The van der Waals surface area contributed by atoms with Gasteiger partial charge in [0.05, 0.1) is 6.54 Å². The molecule has 2 aromatic carbocycles. The molecule has 0 aliphatic carbocycles. The van der Waals surface area contributed by atoms with E-state index >= 15 is 0 Å². The Labute approximate surface area is 163 Å². The fraction of sp³-hybridized carbons (Fsp3) is 0.364. The minimum absolute atomic E-state index is 0.00996.